The topological polar surface area (TPSA) is 64.9 Å². The Labute approximate surface area is 79.3 Å². The van der Waals surface area contributed by atoms with Crippen LogP contribution in [0.15, 0.2) is 12.4 Å². The lowest BCUT2D eigenvalue weighted by Crippen LogP contribution is -2.06. The van der Waals surface area contributed by atoms with Gasteiger partial charge in [0.15, 0.2) is 0 Å². The molecule has 1 rings (SSSR count). The van der Waals surface area contributed by atoms with Crippen molar-refractivity contribution >= 4 is 28.3 Å². The maximum atomic E-state index is 5.77. The van der Waals surface area contributed by atoms with E-state index in [1.54, 1.807) is 12.4 Å². The second-order valence-corrected chi connectivity index (χ2v) is 3.39. The first-order chi connectivity index (χ1) is 5.25. The minimum atomic E-state index is 0.617. The molecule has 0 aromatic carbocycles. The molecule has 4 N–H and O–H groups in total. The van der Waals surface area contributed by atoms with Gasteiger partial charge in [-0.2, -0.15) is 0 Å². The average Bonchev–Trinajstić information content (AvgIpc) is 1.99. The normalized spacial score (nSPS) is 10.0. The van der Waals surface area contributed by atoms with Crippen LogP contribution in [0.25, 0.3) is 0 Å². The Morgan fingerprint density at radius 2 is 2.18 bits per heavy atom. The third kappa shape index (κ3) is 2.03. The summed E-state index contributed by atoms with van der Waals surface area (Å²) in [6.45, 7) is 0.617. The van der Waals surface area contributed by atoms with Crippen molar-refractivity contribution in [3.63, 3.8) is 0 Å². The van der Waals surface area contributed by atoms with Crippen molar-refractivity contribution in [3.8, 4) is 0 Å². The molecule has 0 aliphatic carbocycles. The third-order valence-electron chi connectivity index (χ3n) is 1.44. The number of hydrogen-bond donors (Lipinski definition) is 2. The van der Waals surface area contributed by atoms with E-state index in [2.05, 4.69) is 27.6 Å². The van der Waals surface area contributed by atoms with Gasteiger partial charge >= 0.3 is 0 Å². The molecular formula is C7H10IN3. The molecule has 0 saturated heterocycles. The molecule has 4 heteroatoms. The molecule has 11 heavy (non-hydrogen) atoms. The summed E-state index contributed by atoms with van der Waals surface area (Å²) >= 11 is 2.16. The second-order valence-electron chi connectivity index (χ2n) is 2.23. The molecule has 0 fully saturated rings. The predicted molar refractivity (Wildman–Crippen MR) is 54.1 cm³/mol. The van der Waals surface area contributed by atoms with Gasteiger partial charge in [-0.3, -0.25) is 4.98 Å². The molecule has 0 unspecified atom stereocenters. The minimum Gasteiger partial charge on any atom is -0.398 e. The summed E-state index contributed by atoms with van der Waals surface area (Å²) in [5.41, 5.74) is 13.0. The van der Waals surface area contributed by atoms with E-state index in [4.69, 9.17) is 11.5 Å². The van der Waals surface area contributed by atoms with Crippen LogP contribution in [0.1, 0.15) is 5.56 Å². The predicted octanol–water partition coefficient (Wildman–Crippen LogP) is 0.770. The van der Waals surface area contributed by atoms with Crippen LogP contribution in [0.4, 0.5) is 5.69 Å². The molecule has 3 nitrogen and oxygen atoms in total. The van der Waals surface area contributed by atoms with Crippen LogP contribution >= 0.6 is 22.6 Å². The summed E-state index contributed by atoms with van der Waals surface area (Å²) in [7, 11) is 0. The van der Waals surface area contributed by atoms with E-state index < -0.39 is 0 Å². The van der Waals surface area contributed by atoms with E-state index in [0.717, 1.165) is 21.2 Å². The van der Waals surface area contributed by atoms with Gasteiger partial charge in [-0.15, -0.1) is 0 Å². The molecule has 0 spiro atoms. The Bertz CT molecular complexity index is 249. The molecule has 0 radical (unpaired) electrons. The van der Waals surface area contributed by atoms with Crippen molar-refractivity contribution in [1.82, 2.24) is 4.98 Å². The SMILES string of the molecule is NCCc1cncc(I)c1N. The quantitative estimate of drug-likeness (QED) is 0.774. The smallest absolute Gasteiger partial charge is 0.0546 e. The molecule has 0 amide bonds. The Balaban J connectivity index is 2.96. The molecule has 60 valence electrons. The van der Waals surface area contributed by atoms with Gasteiger partial charge in [0.05, 0.1) is 9.26 Å². The summed E-state index contributed by atoms with van der Waals surface area (Å²) in [6.07, 6.45) is 4.32. The zero-order valence-corrected chi connectivity index (χ0v) is 8.21. The Morgan fingerprint density at radius 3 is 2.82 bits per heavy atom. The lowest BCUT2D eigenvalue weighted by Gasteiger charge is -2.03. The van der Waals surface area contributed by atoms with Gasteiger partial charge in [0.25, 0.3) is 0 Å². The van der Waals surface area contributed by atoms with Crippen molar-refractivity contribution in [2.75, 3.05) is 12.3 Å². The molecule has 1 heterocycles. The second kappa shape index (κ2) is 3.87. The Kier molecular flexibility index (Phi) is 3.07. The summed E-state index contributed by atoms with van der Waals surface area (Å²) in [5, 5.41) is 0. The van der Waals surface area contributed by atoms with Crippen molar-refractivity contribution in [2.24, 2.45) is 5.73 Å². The van der Waals surface area contributed by atoms with Crippen LogP contribution < -0.4 is 11.5 Å². The molecule has 1 aromatic heterocycles. The zero-order chi connectivity index (χ0) is 8.27. The van der Waals surface area contributed by atoms with Gasteiger partial charge < -0.3 is 11.5 Å². The highest BCUT2D eigenvalue weighted by molar-refractivity contribution is 14.1. The van der Waals surface area contributed by atoms with Crippen molar-refractivity contribution in [1.29, 1.82) is 0 Å². The maximum Gasteiger partial charge on any atom is 0.0546 e. The molecule has 1 aromatic rings. The number of nitrogen functional groups attached to an aromatic ring is 1. The van der Waals surface area contributed by atoms with Gasteiger partial charge in [0, 0.05) is 12.4 Å². The number of halogens is 1. The van der Waals surface area contributed by atoms with E-state index >= 15 is 0 Å². The summed E-state index contributed by atoms with van der Waals surface area (Å²) in [6, 6.07) is 0. The minimum absolute atomic E-state index is 0.617. The summed E-state index contributed by atoms with van der Waals surface area (Å²) < 4.78 is 0.994. The molecule has 0 atom stereocenters. The lowest BCUT2D eigenvalue weighted by molar-refractivity contribution is 0.960. The van der Waals surface area contributed by atoms with Crippen molar-refractivity contribution < 1.29 is 0 Å². The van der Waals surface area contributed by atoms with Crippen LogP contribution in [0.3, 0.4) is 0 Å². The fourth-order valence-corrected chi connectivity index (χ4v) is 1.35. The van der Waals surface area contributed by atoms with Gasteiger partial charge in [-0.05, 0) is 41.1 Å². The van der Waals surface area contributed by atoms with Crippen molar-refractivity contribution in [2.45, 2.75) is 6.42 Å². The van der Waals surface area contributed by atoms with E-state index in [1.807, 2.05) is 0 Å². The molecule has 0 saturated carbocycles. The van der Waals surface area contributed by atoms with Crippen LogP contribution in [-0.4, -0.2) is 11.5 Å². The van der Waals surface area contributed by atoms with Crippen LogP contribution in [0, 0.1) is 3.57 Å². The first-order valence-electron chi connectivity index (χ1n) is 3.33. The zero-order valence-electron chi connectivity index (χ0n) is 6.05. The van der Waals surface area contributed by atoms with E-state index in [1.165, 1.54) is 0 Å². The number of pyridine rings is 1. The highest BCUT2D eigenvalue weighted by Crippen LogP contribution is 2.17. The largest absolute Gasteiger partial charge is 0.398 e. The monoisotopic (exact) mass is 263 g/mol. The number of anilines is 1. The van der Waals surface area contributed by atoms with E-state index in [9.17, 15) is 0 Å². The number of hydrogen-bond acceptors (Lipinski definition) is 3. The Morgan fingerprint density at radius 1 is 1.45 bits per heavy atom. The third-order valence-corrected chi connectivity index (χ3v) is 2.29. The van der Waals surface area contributed by atoms with E-state index in [0.29, 0.717) is 6.54 Å². The van der Waals surface area contributed by atoms with Gasteiger partial charge in [-0.1, -0.05) is 0 Å². The molecule has 0 bridgehead atoms. The molecule has 0 aliphatic heterocycles. The fourth-order valence-electron chi connectivity index (χ4n) is 0.840. The average molecular weight is 263 g/mol. The highest BCUT2D eigenvalue weighted by atomic mass is 127. The standard InChI is InChI=1S/C7H10IN3/c8-6-4-11-3-5(1-2-9)7(6)10/h3-4H,1-2,9H2,(H2,10,11). The number of nitrogens with zero attached hydrogens (tertiary/aromatic N) is 1. The van der Waals surface area contributed by atoms with Gasteiger partial charge in [0.1, 0.15) is 0 Å². The number of rotatable bonds is 2. The van der Waals surface area contributed by atoms with Crippen LogP contribution in [0.2, 0.25) is 0 Å². The van der Waals surface area contributed by atoms with Crippen LogP contribution in [0.5, 0.6) is 0 Å². The highest BCUT2D eigenvalue weighted by Gasteiger charge is 2.00. The maximum absolute atomic E-state index is 5.77. The van der Waals surface area contributed by atoms with Gasteiger partial charge in [-0.25, -0.2) is 0 Å². The van der Waals surface area contributed by atoms with Crippen LogP contribution in [-0.2, 0) is 6.42 Å². The lowest BCUT2D eigenvalue weighted by atomic mass is 10.2. The number of nitrogens with two attached hydrogens (primary N) is 2. The van der Waals surface area contributed by atoms with E-state index in [-0.39, 0.29) is 0 Å². The summed E-state index contributed by atoms with van der Waals surface area (Å²) in [5.74, 6) is 0. The molecule has 0 aliphatic rings. The summed E-state index contributed by atoms with van der Waals surface area (Å²) in [4.78, 5) is 4.02. The first-order valence-corrected chi connectivity index (χ1v) is 4.41. The first kappa shape index (κ1) is 8.73. The molecular weight excluding hydrogens is 253 g/mol. The fraction of sp³-hybridized carbons (Fsp3) is 0.286. The number of aromatic nitrogens is 1. The Hall–Kier alpha value is -0.360. The van der Waals surface area contributed by atoms with Gasteiger partial charge in [0.2, 0.25) is 0 Å². The van der Waals surface area contributed by atoms with Crippen molar-refractivity contribution in [3.05, 3.63) is 21.5 Å².